The van der Waals surface area contributed by atoms with Gasteiger partial charge in [0, 0.05) is 32.1 Å². The number of rotatable bonds is 4. The minimum atomic E-state index is -3.05. The Kier molecular flexibility index (Phi) is 5.74. The van der Waals surface area contributed by atoms with Crippen molar-refractivity contribution in [2.24, 2.45) is 0 Å². The Bertz CT molecular complexity index is 2570. The van der Waals surface area contributed by atoms with E-state index in [4.69, 9.17) is 9.97 Å². The average Bonchev–Trinajstić information content (AvgIpc) is 3.51. The van der Waals surface area contributed by atoms with Crippen LogP contribution in [0.2, 0.25) is 0 Å². The highest BCUT2D eigenvalue weighted by atomic mass is 31.2. The Morgan fingerprint density at radius 2 is 1.07 bits per heavy atom. The smallest absolute Gasteiger partial charge is 0.171 e. The topological polar surface area (TPSA) is 47.3 Å². The molecule has 0 saturated heterocycles. The quantitative estimate of drug-likeness (QED) is 0.116. The molecule has 0 aliphatic carbocycles. The molecule has 0 unspecified atom stereocenters. The van der Waals surface area contributed by atoms with Crippen LogP contribution in [0.5, 0.6) is 0 Å². The number of hydrogen-bond donors (Lipinski definition) is 0. The zero-order chi connectivity index (χ0) is 30.0. The van der Waals surface area contributed by atoms with Crippen LogP contribution in [0, 0.1) is 0 Å². The summed E-state index contributed by atoms with van der Waals surface area (Å²) in [5.41, 5.74) is 8.02. The van der Waals surface area contributed by atoms with Crippen LogP contribution in [0.1, 0.15) is 0 Å². The van der Waals surface area contributed by atoms with Gasteiger partial charge in [0.25, 0.3) is 0 Å². The Labute approximate surface area is 259 Å². The van der Waals surface area contributed by atoms with Gasteiger partial charge >= 0.3 is 0 Å². The molecule has 0 bridgehead atoms. The van der Waals surface area contributed by atoms with Gasteiger partial charge < -0.3 is 4.57 Å². The number of benzene rings is 6. The fourth-order valence-electron chi connectivity index (χ4n) is 6.63. The van der Waals surface area contributed by atoms with Crippen LogP contribution in [-0.4, -0.2) is 14.4 Å². The Morgan fingerprint density at radius 1 is 0.467 bits per heavy atom. The first-order chi connectivity index (χ1) is 22.2. The molecule has 0 amide bonds. The van der Waals surface area contributed by atoms with Crippen molar-refractivity contribution in [2.75, 3.05) is 0 Å². The highest BCUT2D eigenvalue weighted by Gasteiger charge is 2.29. The van der Waals surface area contributed by atoms with Crippen molar-refractivity contribution in [2.45, 2.75) is 0 Å². The van der Waals surface area contributed by atoms with Gasteiger partial charge in [0.2, 0.25) is 0 Å². The monoisotopic (exact) mass is 595 g/mol. The van der Waals surface area contributed by atoms with Crippen molar-refractivity contribution in [3.8, 4) is 11.1 Å². The Hall–Kier alpha value is -5.57. The molecule has 0 fully saturated rings. The van der Waals surface area contributed by atoms with Gasteiger partial charge in [0.1, 0.15) is 5.65 Å². The SMILES string of the molecule is O=P(c1ccccc1)(c1ccccc1)c1ccc(-c2ccc3c(c2)c2nc4ccccc4cc2c2nc4ccccc4n32)cc1. The molecular formula is C40H26N3OP. The van der Waals surface area contributed by atoms with E-state index >= 15 is 0 Å². The molecule has 5 heteroatoms. The van der Waals surface area contributed by atoms with Crippen LogP contribution >= 0.6 is 7.14 Å². The average molecular weight is 596 g/mol. The maximum atomic E-state index is 14.9. The third-order valence-corrected chi connectivity index (χ3v) is 11.9. The molecule has 9 aromatic rings. The van der Waals surface area contributed by atoms with Gasteiger partial charge in [-0.3, -0.25) is 4.40 Å². The van der Waals surface area contributed by atoms with E-state index in [9.17, 15) is 4.57 Å². The minimum absolute atomic E-state index is 0.814. The van der Waals surface area contributed by atoms with Crippen molar-refractivity contribution in [3.05, 3.63) is 158 Å². The summed E-state index contributed by atoms with van der Waals surface area (Å²) in [6.07, 6.45) is 0. The fourth-order valence-corrected chi connectivity index (χ4v) is 9.28. The zero-order valence-electron chi connectivity index (χ0n) is 24.2. The van der Waals surface area contributed by atoms with Gasteiger partial charge in [0.05, 0.1) is 27.6 Å². The zero-order valence-corrected chi connectivity index (χ0v) is 25.1. The van der Waals surface area contributed by atoms with Crippen molar-refractivity contribution < 1.29 is 4.57 Å². The number of fused-ring (bicyclic) bond motifs is 9. The van der Waals surface area contributed by atoms with Crippen molar-refractivity contribution >= 4 is 72.4 Å². The maximum Gasteiger partial charge on any atom is 0.171 e. The minimum Gasteiger partial charge on any atom is -0.309 e. The van der Waals surface area contributed by atoms with E-state index in [1.165, 1.54) is 0 Å². The molecule has 4 nitrogen and oxygen atoms in total. The molecule has 3 aromatic heterocycles. The predicted molar refractivity (Wildman–Crippen MR) is 188 cm³/mol. The summed E-state index contributed by atoms with van der Waals surface area (Å²) < 4.78 is 17.1. The molecule has 0 aliphatic rings. The Morgan fingerprint density at radius 3 is 1.80 bits per heavy atom. The number of para-hydroxylation sites is 3. The number of imidazole rings is 1. The molecule has 0 N–H and O–H groups in total. The summed E-state index contributed by atoms with van der Waals surface area (Å²) in [5, 5.41) is 5.65. The Balaban J connectivity index is 1.26. The van der Waals surface area contributed by atoms with Gasteiger partial charge in [0.15, 0.2) is 7.14 Å². The number of nitrogens with zero attached hydrogens (tertiary/aromatic N) is 3. The summed E-state index contributed by atoms with van der Waals surface area (Å²) >= 11 is 0. The second kappa shape index (κ2) is 9.99. The molecule has 0 spiro atoms. The van der Waals surface area contributed by atoms with E-state index in [0.29, 0.717) is 0 Å². The second-order valence-corrected chi connectivity index (χ2v) is 14.2. The lowest BCUT2D eigenvalue weighted by atomic mass is 10.0. The van der Waals surface area contributed by atoms with Crippen LogP contribution in [-0.2, 0) is 4.57 Å². The van der Waals surface area contributed by atoms with Crippen molar-refractivity contribution in [3.63, 3.8) is 0 Å². The maximum absolute atomic E-state index is 14.9. The molecular weight excluding hydrogens is 569 g/mol. The van der Waals surface area contributed by atoms with Gasteiger partial charge in [-0.05, 0) is 47.5 Å². The van der Waals surface area contributed by atoms with Crippen LogP contribution < -0.4 is 15.9 Å². The van der Waals surface area contributed by atoms with Gasteiger partial charge in [-0.1, -0.05) is 121 Å². The van der Waals surface area contributed by atoms with E-state index in [1.54, 1.807) is 0 Å². The molecule has 3 heterocycles. The molecule has 45 heavy (non-hydrogen) atoms. The number of pyridine rings is 2. The molecule has 0 saturated carbocycles. The standard InChI is InChI=1S/C40H26N3OP/c44-45(30-12-3-1-4-13-30,31-14-5-2-6-15-31)32-22-19-27(20-23-32)28-21-24-37-33(25-28)39-34(26-29-11-7-8-16-35(29)41-39)40-42-36-17-9-10-18-38(36)43(37)40/h1-26H. The lowest BCUT2D eigenvalue weighted by Crippen LogP contribution is -2.24. The van der Waals surface area contributed by atoms with Crippen LogP contribution in [0.25, 0.3) is 60.5 Å². The summed E-state index contributed by atoms with van der Waals surface area (Å²) in [5.74, 6) is 0. The normalized spacial score (nSPS) is 12.1. The lowest BCUT2D eigenvalue weighted by molar-refractivity contribution is 0.592. The van der Waals surface area contributed by atoms with E-state index in [2.05, 4.69) is 71.1 Å². The first-order valence-electron chi connectivity index (χ1n) is 15.0. The largest absolute Gasteiger partial charge is 0.309 e. The molecule has 0 radical (unpaired) electrons. The van der Waals surface area contributed by atoms with E-state index in [0.717, 1.165) is 76.4 Å². The second-order valence-electron chi connectivity index (χ2n) is 11.4. The summed E-state index contributed by atoms with van der Waals surface area (Å²) in [6, 6.07) is 53.1. The molecule has 0 aliphatic heterocycles. The third-order valence-electron chi connectivity index (χ3n) is 8.82. The van der Waals surface area contributed by atoms with Crippen molar-refractivity contribution in [1.29, 1.82) is 0 Å². The molecule has 9 rings (SSSR count). The van der Waals surface area contributed by atoms with Gasteiger partial charge in [-0.15, -0.1) is 0 Å². The molecule has 6 aromatic carbocycles. The highest BCUT2D eigenvalue weighted by Crippen LogP contribution is 2.43. The van der Waals surface area contributed by atoms with E-state index < -0.39 is 7.14 Å². The first-order valence-corrected chi connectivity index (χ1v) is 16.7. The highest BCUT2D eigenvalue weighted by molar-refractivity contribution is 7.85. The van der Waals surface area contributed by atoms with E-state index in [1.807, 2.05) is 91.0 Å². The number of aromatic nitrogens is 3. The predicted octanol–water partition coefficient (Wildman–Crippen LogP) is 8.65. The first kappa shape index (κ1) is 25.9. The van der Waals surface area contributed by atoms with E-state index in [-0.39, 0.29) is 0 Å². The summed E-state index contributed by atoms with van der Waals surface area (Å²) in [4.78, 5) is 10.2. The van der Waals surface area contributed by atoms with Gasteiger partial charge in [-0.2, -0.15) is 0 Å². The van der Waals surface area contributed by atoms with Gasteiger partial charge in [-0.25, -0.2) is 9.97 Å². The lowest BCUT2D eigenvalue weighted by Gasteiger charge is -2.20. The summed E-state index contributed by atoms with van der Waals surface area (Å²) in [7, 11) is -3.05. The number of hydrogen-bond acceptors (Lipinski definition) is 3. The van der Waals surface area contributed by atoms with Crippen LogP contribution in [0.4, 0.5) is 0 Å². The van der Waals surface area contributed by atoms with Crippen molar-refractivity contribution in [1.82, 2.24) is 14.4 Å². The third kappa shape index (κ3) is 3.96. The van der Waals surface area contributed by atoms with Crippen LogP contribution in [0.15, 0.2) is 158 Å². The molecule has 0 atom stereocenters. The van der Waals surface area contributed by atoms with Crippen LogP contribution in [0.3, 0.4) is 0 Å². The molecule has 212 valence electrons. The fraction of sp³-hybridized carbons (Fsp3) is 0. The summed E-state index contributed by atoms with van der Waals surface area (Å²) in [6.45, 7) is 0.